The van der Waals surface area contributed by atoms with Gasteiger partial charge in [-0.05, 0) is 163 Å². The first-order valence-electron chi connectivity index (χ1n) is 43.4. The second kappa shape index (κ2) is 38.9. The van der Waals surface area contributed by atoms with Gasteiger partial charge in [-0.25, -0.2) is 38.7 Å². The summed E-state index contributed by atoms with van der Waals surface area (Å²) in [6.45, 7) is 26.9. The van der Waals surface area contributed by atoms with Crippen molar-refractivity contribution < 1.29 is 84.8 Å². The van der Waals surface area contributed by atoms with Crippen molar-refractivity contribution in [3.05, 3.63) is 176 Å². The standard InChI is InChI=1S/C50H59N6O9PS.C44H55N6O9PS/c1-8-32-28-50(32,66(60,64-34-19-11-9-12-20-34)65-35-21-13-10-14-22-35)55-45(57)42-26-37(29-56(42)46(58)44(49(4,5)6)54-48(59)63-33-17-15-16-18-33)62-43-27-40(41-30-67-47(53-41)51-31(2)3)52-39-25-36(61-7)23-24-38(39)43;1-8-27-23-44(27,60(54,55)59-29-16-10-9-11-17-29)49-39(51)36-21-31(24-50(36)40(52)38(43(4,5)6)48-42(53)58-28-14-12-13-15-28)57-37-22-34(35-25-61-41(47-35)45-26(2)3)46-33-20-30(56-7)18-19-32(33)37/h8-14,19-25,27,30-33,37,42,44H,1,15-18,26,28-29H2,2-7H3,(H,51,53)(H,54,59)(H,55,57);8-11,16-20,22,25-28,31,36,38H,1,12-15,21,23-24H2,2-7H3,(H,45,47)(H,48,53)(H,49,51)(H,54,55)/t32-,37-,42+,44-,50+;27-,31-,36+,38-,44+/m11/s1. The zero-order valence-corrected chi connectivity index (χ0v) is 77.5. The Morgan fingerprint density at radius 1 is 0.500 bits per heavy atom. The van der Waals surface area contributed by atoms with Gasteiger partial charge in [-0.1, -0.05) is 108 Å². The molecule has 6 amide bonds. The van der Waals surface area contributed by atoms with Crippen LogP contribution < -0.4 is 64.4 Å². The maximum atomic E-state index is 15.5. The number of alkyl carbamates (subject to hydrolysis) is 2. The van der Waals surface area contributed by atoms with Crippen LogP contribution in [0.1, 0.15) is 146 Å². The number of anilines is 2. The van der Waals surface area contributed by atoms with E-state index in [9.17, 15) is 28.6 Å². The van der Waals surface area contributed by atoms with Gasteiger partial charge in [0, 0.05) is 82.6 Å². The second-order valence-corrected chi connectivity index (χ2v) is 42.0. The third-order valence-corrected chi connectivity index (χ3v) is 29.8. The van der Waals surface area contributed by atoms with Crippen molar-refractivity contribution in [2.75, 3.05) is 37.9 Å². The van der Waals surface area contributed by atoms with E-state index in [1.165, 1.54) is 38.5 Å². The quantitative estimate of drug-likeness (QED) is 0.0152. The zero-order chi connectivity index (χ0) is 91.2. The highest BCUT2D eigenvalue weighted by Gasteiger charge is 2.72. The van der Waals surface area contributed by atoms with Gasteiger partial charge in [-0.15, -0.1) is 35.8 Å². The summed E-state index contributed by atoms with van der Waals surface area (Å²) >= 11 is 2.92. The number of likely N-dealkylation sites (tertiary alicyclic amines) is 2. The van der Waals surface area contributed by atoms with Crippen LogP contribution in [0.25, 0.3) is 44.6 Å². The fourth-order valence-electron chi connectivity index (χ4n) is 16.7. The predicted octanol–water partition coefficient (Wildman–Crippen LogP) is 17.9. The molecule has 4 saturated carbocycles. The molecule has 0 radical (unpaired) electrons. The lowest BCUT2D eigenvalue weighted by atomic mass is 9.85. The molecule has 9 aromatic rings. The molecule has 7 N–H and O–H groups in total. The summed E-state index contributed by atoms with van der Waals surface area (Å²) in [5.41, 5.74) is 1.92. The number of thiazole rings is 2. The van der Waals surface area contributed by atoms with Gasteiger partial charge in [0.05, 0.1) is 49.7 Å². The number of hydrogen-bond donors (Lipinski definition) is 7. The molecule has 128 heavy (non-hydrogen) atoms. The number of benzene rings is 5. The van der Waals surface area contributed by atoms with Crippen LogP contribution in [-0.2, 0) is 37.8 Å². The number of fused-ring (bicyclic) bond motifs is 2. The minimum Gasteiger partial charge on any atom is -0.497 e. The van der Waals surface area contributed by atoms with Crippen molar-refractivity contribution in [2.45, 2.75) is 218 Å². The zero-order valence-electron chi connectivity index (χ0n) is 74.1. The number of nitrogens with zero attached hydrogens (tertiary/aromatic N) is 6. The molecule has 4 aromatic heterocycles. The average molecular weight is 1830 g/mol. The molecule has 34 heteroatoms. The topological polar surface area (TPSA) is 370 Å². The number of carbonyl (C=O) groups is 6. The molecule has 5 aromatic carbocycles. The number of hydrogen-bond acceptors (Lipinski definition) is 25. The first kappa shape index (κ1) is 92.9. The molecule has 6 heterocycles. The summed E-state index contributed by atoms with van der Waals surface area (Å²) in [7, 11) is -5.75. The summed E-state index contributed by atoms with van der Waals surface area (Å²) in [5, 5.41) is 21.7. The van der Waals surface area contributed by atoms with Crippen LogP contribution in [0.2, 0.25) is 0 Å². The lowest BCUT2D eigenvalue weighted by Gasteiger charge is -2.36. The largest absolute Gasteiger partial charge is 0.497 e. The highest BCUT2D eigenvalue weighted by Crippen LogP contribution is 2.72. The maximum Gasteiger partial charge on any atom is 0.456 e. The molecule has 6 fully saturated rings. The lowest BCUT2D eigenvalue weighted by Crippen LogP contribution is -2.58. The normalized spacial score (nSPS) is 21.9. The van der Waals surface area contributed by atoms with Crippen molar-refractivity contribution in [2.24, 2.45) is 22.7 Å². The first-order valence-corrected chi connectivity index (χ1v) is 48.3. The number of pyridine rings is 2. The summed E-state index contributed by atoms with van der Waals surface area (Å²) in [6, 6.07) is 35.8. The smallest absolute Gasteiger partial charge is 0.456 e. The van der Waals surface area contributed by atoms with Gasteiger partial charge < -0.3 is 88.6 Å². The Bertz CT molecular complexity index is 5580. The number of ether oxygens (including phenoxy) is 6. The first-order chi connectivity index (χ1) is 61.1. The summed E-state index contributed by atoms with van der Waals surface area (Å²) in [6.07, 6.45) is 6.97. The van der Waals surface area contributed by atoms with E-state index in [1.807, 2.05) is 122 Å². The molecule has 4 aliphatic carbocycles. The highest BCUT2D eigenvalue weighted by atomic mass is 32.1. The number of para-hydroxylation sites is 3. The molecule has 6 aliphatic rings. The van der Waals surface area contributed by atoms with Crippen molar-refractivity contribution in [1.82, 2.24) is 51.0 Å². The third kappa shape index (κ3) is 21.3. The van der Waals surface area contributed by atoms with Gasteiger partial charge in [0.25, 0.3) is 0 Å². The van der Waals surface area contributed by atoms with Gasteiger partial charge >= 0.3 is 27.4 Å². The Labute approximate surface area is 753 Å². The lowest BCUT2D eigenvalue weighted by molar-refractivity contribution is -0.142. The molecule has 1 unspecified atom stereocenters. The van der Waals surface area contributed by atoms with Gasteiger partial charge in [0.15, 0.2) is 20.8 Å². The van der Waals surface area contributed by atoms with Crippen LogP contribution in [0.15, 0.2) is 176 Å². The Morgan fingerprint density at radius 2 is 0.875 bits per heavy atom. The molecule has 680 valence electrons. The van der Waals surface area contributed by atoms with E-state index >= 15 is 14.2 Å². The van der Waals surface area contributed by atoms with E-state index in [2.05, 4.69) is 45.1 Å². The van der Waals surface area contributed by atoms with Gasteiger partial charge in [0.2, 0.25) is 23.6 Å². The molecular weight excluding hydrogens is 1710 g/mol. The minimum atomic E-state index is -4.58. The predicted molar refractivity (Wildman–Crippen MR) is 493 cm³/mol. The molecule has 2 aliphatic heterocycles. The Hall–Kier alpha value is -11.3. The van der Waals surface area contributed by atoms with Crippen LogP contribution in [0.5, 0.6) is 40.2 Å². The number of methoxy groups -OCH3 is 2. The van der Waals surface area contributed by atoms with E-state index in [-0.39, 0.29) is 80.3 Å². The Morgan fingerprint density at radius 3 is 1.23 bits per heavy atom. The molecule has 15 rings (SSSR count). The van der Waals surface area contributed by atoms with Crippen LogP contribution in [0.3, 0.4) is 0 Å². The number of rotatable bonds is 32. The van der Waals surface area contributed by atoms with E-state index < -0.39 is 121 Å². The molecular formula is C94H114N12O18P2S2. The molecule has 2 saturated heterocycles. The van der Waals surface area contributed by atoms with E-state index in [4.69, 9.17) is 61.9 Å². The van der Waals surface area contributed by atoms with Gasteiger partial charge in [-0.2, -0.15) is 0 Å². The summed E-state index contributed by atoms with van der Waals surface area (Å²) in [5.74, 6) is -0.575. The van der Waals surface area contributed by atoms with Gasteiger partial charge in [0.1, 0.15) is 100 Å². The van der Waals surface area contributed by atoms with Crippen molar-refractivity contribution >= 4 is 106 Å². The molecule has 0 spiro atoms. The van der Waals surface area contributed by atoms with Crippen LogP contribution in [-0.4, -0.2) is 169 Å². The van der Waals surface area contributed by atoms with Crippen LogP contribution >= 0.6 is 37.9 Å². The summed E-state index contributed by atoms with van der Waals surface area (Å²) in [4.78, 5) is 120. The molecule has 0 bridgehead atoms. The average Bonchev–Trinajstić information content (AvgIpc) is 1.56. The SMILES string of the molecule is C=C[C@@H]1C[C@]1(NC(=O)[C@@H]1C[C@@H](Oc2cc(-c3csc(NC(C)C)n3)nc3cc(OC)ccc23)CN1C(=O)[C@@H](NC(=O)OC1CCCC1)C(C)(C)C)P(=O)(O)Oc1ccccc1.C=C[C@@H]1C[C@]1(NC(=O)[C@@H]1C[C@@H](Oc2cc(-c3csc(NC(C)C)n3)nc3cc(OC)ccc23)CN1C(=O)[C@@H](NC(=O)OC1CCCC1)C(C)(C)C)P(=O)(Oc1ccccc1)Oc1ccccc1. The van der Waals surface area contributed by atoms with E-state index in [0.717, 1.165) is 61.6 Å². The Kier molecular flexibility index (Phi) is 28.3. The van der Waals surface area contributed by atoms with Crippen molar-refractivity contribution in [3.63, 3.8) is 0 Å². The van der Waals surface area contributed by atoms with Crippen LogP contribution in [0.4, 0.5) is 19.9 Å². The molecule has 30 nitrogen and oxygen atoms in total. The van der Waals surface area contributed by atoms with Gasteiger partial charge in [-0.3, -0.25) is 19.2 Å². The number of aromatic nitrogens is 4. The van der Waals surface area contributed by atoms with Crippen molar-refractivity contribution in [3.8, 4) is 63.0 Å². The molecule has 11 atom stereocenters. The maximum absolute atomic E-state index is 15.5. The Balaban J connectivity index is 0.000000208. The minimum absolute atomic E-state index is 0.0134. The monoisotopic (exact) mass is 1820 g/mol. The fraction of sp³-hybridized carbons (Fsp3) is 0.447. The fourth-order valence-corrected chi connectivity index (χ4v) is 22.5. The van der Waals surface area contributed by atoms with E-state index in [1.54, 1.807) is 117 Å². The number of amides is 6. The summed E-state index contributed by atoms with van der Waals surface area (Å²) < 4.78 is 84.0. The van der Waals surface area contributed by atoms with Crippen LogP contribution in [0, 0.1) is 22.7 Å². The van der Waals surface area contributed by atoms with E-state index in [0.29, 0.717) is 67.6 Å². The van der Waals surface area contributed by atoms with Crippen molar-refractivity contribution in [1.29, 1.82) is 0 Å². The third-order valence-electron chi connectivity index (χ3n) is 23.6. The highest BCUT2D eigenvalue weighted by molar-refractivity contribution is 7.57. The second-order valence-electron chi connectivity index (χ2n) is 36.1. The number of nitrogens with one attached hydrogen (secondary N) is 6. The number of carbonyl (C=O) groups excluding carboxylic acids is 6.